The van der Waals surface area contributed by atoms with E-state index in [1.807, 2.05) is 48.2 Å². The third-order valence-electron chi connectivity index (χ3n) is 4.45. The van der Waals surface area contributed by atoms with Gasteiger partial charge in [-0.15, -0.1) is 0 Å². The first kappa shape index (κ1) is 15.9. The molecule has 1 heterocycles. The highest BCUT2D eigenvalue weighted by molar-refractivity contribution is 6.30. The lowest BCUT2D eigenvalue weighted by atomic mass is 9.91. The summed E-state index contributed by atoms with van der Waals surface area (Å²) < 4.78 is 0. The lowest BCUT2D eigenvalue weighted by molar-refractivity contribution is -0.117. The number of amides is 1. The van der Waals surface area contributed by atoms with Gasteiger partial charge in [-0.3, -0.25) is 4.79 Å². The van der Waals surface area contributed by atoms with Gasteiger partial charge in [0, 0.05) is 29.4 Å². The molecule has 1 aliphatic heterocycles. The van der Waals surface area contributed by atoms with Crippen molar-refractivity contribution in [2.24, 2.45) is 0 Å². The summed E-state index contributed by atoms with van der Waals surface area (Å²) in [5.41, 5.74) is 4.37. The second-order valence-corrected chi connectivity index (χ2v) is 6.63. The van der Waals surface area contributed by atoms with Gasteiger partial charge in [-0.25, -0.2) is 0 Å². The van der Waals surface area contributed by atoms with E-state index in [9.17, 15) is 4.79 Å². The van der Waals surface area contributed by atoms with Crippen molar-refractivity contribution in [2.75, 3.05) is 10.2 Å². The van der Waals surface area contributed by atoms with E-state index < -0.39 is 0 Å². The predicted octanol–water partition coefficient (Wildman–Crippen LogP) is 4.95. The van der Waals surface area contributed by atoms with E-state index in [0.717, 1.165) is 33.9 Å². The summed E-state index contributed by atoms with van der Waals surface area (Å²) in [6, 6.07) is 14.3. The number of nitrogens with zero attached hydrogens (tertiary/aromatic N) is 1. The van der Waals surface area contributed by atoms with Crippen molar-refractivity contribution in [1.29, 1.82) is 0 Å². The van der Waals surface area contributed by atoms with Gasteiger partial charge in [0.1, 0.15) is 0 Å². The van der Waals surface area contributed by atoms with Crippen molar-refractivity contribution in [3.05, 3.63) is 58.6 Å². The molecule has 1 N–H and O–H groups in total. The van der Waals surface area contributed by atoms with E-state index in [0.29, 0.717) is 0 Å². The van der Waals surface area contributed by atoms with Crippen molar-refractivity contribution in [1.82, 2.24) is 0 Å². The SMILES string of the molecule is CC(=O)N1c2ccccc2C(Nc2ccc(Cl)cc2C)CC1C. The number of para-hydroxylation sites is 1. The van der Waals surface area contributed by atoms with Crippen LogP contribution in [0.5, 0.6) is 0 Å². The fourth-order valence-electron chi connectivity index (χ4n) is 3.41. The molecule has 2 aromatic rings. The molecule has 0 aromatic heterocycles. The quantitative estimate of drug-likeness (QED) is 0.846. The number of halogens is 1. The smallest absolute Gasteiger partial charge is 0.224 e. The molecule has 3 nitrogen and oxygen atoms in total. The summed E-state index contributed by atoms with van der Waals surface area (Å²) in [5.74, 6) is 0.0890. The summed E-state index contributed by atoms with van der Waals surface area (Å²) in [6.45, 7) is 5.78. The Morgan fingerprint density at radius 1 is 1.26 bits per heavy atom. The molecule has 3 rings (SSSR count). The molecule has 2 aromatic carbocycles. The van der Waals surface area contributed by atoms with Gasteiger partial charge in [-0.1, -0.05) is 29.8 Å². The van der Waals surface area contributed by atoms with Crippen LogP contribution in [0.4, 0.5) is 11.4 Å². The number of nitrogens with one attached hydrogen (secondary N) is 1. The van der Waals surface area contributed by atoms with Crippen LogP contribution in [0.1, 0.15) is 37.4 Å². The monoisotopic (exact) mass is 328 g/mol. The lowest BCUT2D eigenvalue weighted by Gasteiger charge is -2.39. The maximum atomic E-state index is 12.0. The maximum Gasteiger partial charge on any atom is 0.224 e. The van der Waals surface area contributed by atoms with Gasteiger partial charge < -0.3 is 10.2 Å². The Bertz CT molecular complexity index is 744. The summed E-state index contributed by atoms with van der Waals surface area (Å²) in [7, 11) is 0. The standard InChI is InChI=1S/C19H21ClN2O/c1-12-10-15(20)8-9-17(12)21-18-11-13(2)22(14(3)23)19-7-5-4-6-16(18)19/h4-10,13,18,21H,11H2,1-3H3. The van der Waals surface area contributed by atoms with Gasteiger partial charge in [-0.2, -0.15) is 0 Å². The first-order valence-corrected chi connectivity index (χ1v) is 8.26. The van der Waals surface area contributed by atoms with Crippen molar-refractivity contribution in [3.63, 3.8) is 0 Å². The minimum absolute atomic E-state index is 0.0890. The average molecular weight is 329 g/mol. The van der Waals surface area contributed by atoms with Crippen LogP contribution in [0.25, 0.3) is 0 Å². The first-order chi connectivity index (χ1) is 11.0. The molecule has 1 amide bonds. The summed E-state index contributed by atoms with van der Waals surface area (Å²) in [4.78, 5) is 13.9. The Morgan fingerprint density at radius 3 is 2.70 bits per heavy atom. The molecule has 0 radical (unpaired) electrons. The van der Waals surface area contributed by atoms with Gasteiger partial charge >= 0.3 is 0 Å². The van der Waals surface area contributed by atoms with Gasteiger partial charge in [0.2, 0.25) is 5.91 Å². The average Bonchev–Trinajstić information content (AvgIpc) is 2.49. The zero-order valence-electron chi connectivity index (χ0n) is 13.6. The molecule has 0 fully saturated rings. The Kier molecular flexibility index (Phi) is 4.31. The van der Waals surface area contributed by atoms with Crippen LogP contribution in [0, 0.1) is 6.92 Å². The largest absolute Gasteiger partial charge is 0.378 e. The van der Waals surface area contributed by atoms with E-state index in [-0.39, 0.29) is 18.0 Å². The highest BCUT2D eigenvalue weighted by Gasteiger charge is 2.32. The Hall–Kier alpha value is -2.00. The van der Waals surface area contributed by atoms with Gasteiger partial charge in [0.15, 0.2) is 0 Å². The van der Waals surface area contributed by atoms with Crippen LogP contribution in [0.15, 0.2) is 42.5 Å². The summed E-state index contributed by atoms with van der Waals surface area (Å²) >= 11 is 6.05. The number of hydrogen-bond acceptors (Lipinski definition) is 2. The van der Waals surface area contributed by atoms with E-state index in [1.165, 1.54) is 0 Å². The molecule has 2 atom stereocenters. The minimum atomic E-state index is 0.0890. The molecule has 0 spiro atoms. The molecule has 0 saturated heterocycles. The van der Waals surface area contributed by atoms with Crippen molar-refractivity contribution < 1.29 is 4.79 Å². The first-order valence-electron chi connectivity index (χ1n) is 7.89. The number of aryl methyl sites for hydroxylation is 1. The maximum absolute atomic E-state index is 12.0. The summed E-state index contributed by atoms with van der Waals surface area (Å²) in [6.07, 6.45) is 0.874. The fraction of sp³-hybridized carbons (Fsp3) is 0.316. The molecule has 2 unspecified atom stereocenters. The van der Waals surface area contributed by atoms with Crippen LogP contribution < -0.4 is 10.2 Å². The zero-order valence-corrected chi connectivity index (χ0v) is 14.4. The molecular weight excluding hydrogens is 308 g/mol. The van der Waals surface area contributed by atoms with Crippen LogP contribution >= 0.6 is 11.6 Å². The molecule has 23 heavy (non-hydrogen) atoms. The highest BCUT2D eigenvalue weighted by atomic mass is 35.5. The predicted molar refractivity (Wildman–Crippen MR) is 96.2 cm³/mol. The summed E-state index contributed by atoms with van der Waals surface area (Å²) in [5, 5.41) is 4.37. The van der Waals surface area contributed by atoms with Crippen LogP contribution in [0.2, 0.25) is 5.02 Å². The Morgan fingerprint density at radius 2 is 2.00 bits per heavy atom. The molecule has 120 valence electrons. The Labute approximate surface area is 142 Å². The van der Waals surface area contributed by atoms with Gasteiger partial charge in [0.25, 0.3) is 0 Å². The molecule has 0 aliphatic carbocycles. The van der Waals surface area contributed by atoms with Crippen LogP contribution in [-0.2, 0) is 4.79 Å². The normalized spacial score (nSPS) is 20.1. The van der Waals surface area contributed by atoms with Crippen molar-refractivity contribution in [2.45, 2.75) is 39.3 Å². The topological polar surface area (TPSA) is 32.3 Å². The number of rotatable bonds is 2. The highest BCUT2D eigenvalue weighted by Crippen LogP contribution is 2.39. The third-order valence-corrected chi connectivity index (χ3v) is 4.68. The van der Waals surface area contributed by atoms with E-state index in [4.69, 9.17) is 11.6 Å². The number of benzene rings is 2. The zero-order chi connectivity index (χ0) is 16.6. The Balaban J connectivity index is 1.97. The minimum Gasteiger partial charge on any atom is -0.378 e. The van der Waals surface area contributed by atoms with Crippen LogP contribution in [-0.4, -0.2) is 11.9 Å². The molecular formula is C19H21ClN2O. The molecule has 0 bridgehead atoms. The fourth-order valence-corrected chi connectivity index (χ4v) is 3.63. The number of carbonyl (C=O) groups is 1. The molecule has 1 aliphatic rings. The third kappa shape index (κ3) is 3.06. The number of hydrogen-bond donors (Lipinski definition) is 1. The second kappa shape index (κ2) is 6.25. The van der Waals surface area contributed by atoms with E-state index in [1.54, 1.807) is 6.92 Å². The second-order valence-electron chi connectivity index (χ2n) is 6.19. The van der Waals surface area contributed by atoms with Crippen molar-refractivity contribution in [3.8, 4) is 0 Å². The number of fused-ring (bicyclic) bond motifs is 1. The van der Waals surface area contributed by atoms with E-state index >= 15 is 0 Å². The van der Waals surface area contributed by atoms with E-state index in [2.05, 4.69) is 18.3 Å². The molecule has 0 saturated carbocycles. The number of anilines is 2. The molecule has 4 heteroatoms. The van der Waals surface area contributed by atoms with Crippen LogP contribution in [0.3, 0.4) is 0 Å². The van der Waals surface area contributed by atoms with Gasteiger partial charge in [0.05, 0.1) is 6.04 Å². The van der Waals surface area contributed by atoms with Crippen molar-refractivity contribution >= 4 is 28.9 Å². The van der Waals surface area contributed by atoms with Gasteiger partial charge in [-0.05, 0) is 55.7 Å². The lowest BCUT2D eigenvalue weighted by Crippen LogP contribution is -2.43. The number of carbonyl (C=O) groups excluding carboxylic acids is 1.